The number of urea groups is 1. The third-order valence-electron chi connectivity index (χ3n) is 4.04. The molecule has 0 heterocycles. The molecule has 0 aliphatic heterocycles. The van der Waals surface area contributed by atoms with E-state index in [4.69, 9.17) is 5.11 Å². The van der Waals surface area contributed by atoms with Gasteiger partial charge < -0.3 is 15.7 Å². The summed E-state index contributed by atoms with van der Waals surface area (Å²) in [6, 6.07) is 0.0736. The van der Waals surface area contributed by atoms with Crippen LogP contribution in [0.5, 0.6) is 0 Å². The Morgan fingerprint density at radius 2 is 2.12 bits per heavy atom. The van der Waals surface area contributed by atoms with Gasteiger partial charge in [-0.05, 0) is 31.1 Å². The summed E-state index contributed by atoms with van der Waals surface area (Å²) in [5.41, 5.74) is 0. The first-order chi connectivity index (χ1) is 8.06. The summed E-state index contributed by atoms with van der Waals surface area (Å²) in [7, 11) is 0. The fraction of sp³-hybridized carbons (Fsp3) is 0.833. The second kappa shape index (κ2) is 4.94. The molecule has 2 aliphatic rings. The van der Waals surface area contributed by atoms with Crippen molar-refractivity contribution in [1.29, 1.82) is 0 Å². The second-order valence-electron chi connectivity index (χ2n) is 5.38. The number of hydrogen-bond acceptors (Lipinski definition) is 2. The largest absolute Gasteiger partial charge is 0.481 e. The Morgan fingerprint density at radius 3 is 2.65 bits per heavy atom. The molecule has 0 aromatic carbocycles. The molecule has 2 rings (SSSR count). The van der Waals surface area contributed by atoms with Gasteiger partial charge in [-0.25, -0.2) is 4.79 Å². The lowest BCUT2D eigenvalue weighted by molar-refractivity contribution is -0.140. The molecule has 0 spiro atoms. The van der Waals surface area contributed by atoms with Gasteiger partial charge in [-0.1, -0.05) is 13.3 Å². The zero-order valence-corrected chi connectivity index (χ0v) is 10.1. The minimum Gasteiger partial charge on any atom is -0.481 e. The Morgan fingerprint density at radius 1 is 1.35 bits per heavy atom. The minimum absolute atomic E-state index is 0.183. The summed E-state index contributed by atoms with van der Waals surface area (Å²) in [4.78, 5) is 22.2. The number of carbonyl (C=O) groups excluding carboxylic acids is 1. The topological polar surface area (TPSA) is 78.4 Å². The van der Waals surface area contributed by atoms with Crippen molar-refractivity contribution in [2.45, 2.75) is 38.6 Å². The molecule has 3 N–H and O–H groups in total. The predicted octanol–water partition coefficient (Wildman–Crippen LogP) is 1.19. The van der Waals surface area contributed by atoms with Crippen molar-refractivity contribution < 1.29 is 14.7 Å². The van der Waals surface area contributed by atoms with Gasteiger partial charge in [0.1, 0.15) is 0 Å². The van der Waals surface area contributed by atoms with Crippen LogP contribution in [0.15, 0.2) is 0 Å². The molecule has 4 atom stereocenters. The molecule has 2 amide bonds. The van der Waals surface area contributed by atoms with Crippen LogP contribution in [0, 0.1) is 17.8 Å². The van der Waals surface area contributed by atoms with Gasteiger partial charge in [0.25, 0.3) is 0 Å². The fourth-order valence-corrected chi connectivity index (χ4v) is 2.97. The van der Waals surface area contributed by atoms with Gasteiger partial charge in [0.2, 0.25) is 0 Å². The van der Waals surface area contributed by atoms with Crippen LogP contribution in [0.25, 0.3) is 0 Å². The standard InChI is InChI=1S/C12H20N2O3/c1-7(11(15)16)6-13-12(17)14-10-5-8-2-3-9(10)4-8/h7-10H,2-6H2,1H3,(H,15,16)(H2,13,14,17). The number of aliphatic carboxylic acids is 1. The number of carboxylic acids is 1. The maximum absolute atomic E-state index is 11.6. The number of carboxylic acid groups (broad SMARTS) is 1. The monoisotopic (exact) mass is 240 g/mol. The summed E-state index contributed by atoms with van der Waals surface area (Å²) in [6.45, 7) is 1.77. The zero-order chi connectivity index (χ0) is 12.4. The third kappa shape index (κ3) is 2.90. The van der Waals surface area contributed by atoms with Crippen LogP contribution in [0.2, 0.25) is 0 Å². The molecule has 17 heavy (non-hydrogen) atoms. The first kappa shape index (κ1) is 12.2. The van der Waals surface area contributed by atoms with Gasteiger partial charge in [0, 0.05) is 12.6 Å². The number of nitrogens with one attached hydrogen (secondary N) is 2. The van der Waals surface area contributed by atoms with Crippen molar-refractivity contribution in [2.75, 3.05) is 6.54 Å². The number of rotatable bonds is 4. The van der Waals surface area contributed by atoms with Crippen molar-refractivity contribution in [2.24, 2.45) is 17.8 Å². The van der Waals surface area contributed by atoms with E-state index < -0.39 is 11.9 Å². The molecule has 5 nitrogen and oxygen atoms in total. The van der Waals surface area contributed by atoms with Crippen molar-refractivity contribution in [1.82, 2.24) is 10.6 Å². The molecular formula is C12H20N2O3. The lowest BCUT2D eigenvalue weighted by Crippen LogP contribution is -2.46. The molecule has 4 unspecified atom stereocenters. The lowest BCUT2D eigenvalue weighted by atomic mass is 9.95. The van der Waals surface area contributed by atoms with Crippen molar-refractivity contribution >= 4 is 12.0 Å². The Balaban J connectivity index is 1.69. The molecule has 0 aromatic rings. The van der Waals surface area contributed by atoms with Gasteiger partial charge in [-0.15, -0.1) is 0 Å². The lowest BCUT2D eigenvalue weighted by Gasteiger charge is -2.23. The highest BCUT2D eigenvalue weighted by atomic mass is 16.4. The maximum atomic E-state index is 11.6. The molecule has 2 saturated carbocycles. The van der Waals surface area contributed by atoms with E-state index in [9.17, 15) is 9.59 Å². The molecule has 2 aliphatic carbocycles. The number of carbonyl (C=O) groups is 2. The maximum Gasteiger partial charge on any atom is 0.315 e. The Hall–Kier alpha value is -1.26. The van der Waals surface area contributed by atoms with E-state index in [1.54, 1.807) is 6.92 Å². The smallest absolute Gasteiger partial charge is 0.315 e. The summed E-state index contributed by atoms with van der Waals surface area (Å²) in [5.74, 6) is 0.0110. The Kier molecular flexibility index (Phi) is 3.54. The molecule has 0 aromatic heterocycles. The van der Waals surface area contributed by atoms with Crippen LogP contribution < -0.4 is 10.6 Å². The quantitative estimate of drug-likeness (QED) is 0.690. The molecule has 5 heteroatoms. The van der Waals surface area contributed by atoms with E-state index in [1.807, 2.05) is 0 Å². The van der Waals surface area contributed by atoms with Crippen LogP contribution in [-0.2, 0) is 4.79 Å². The van der Waals surface area contributed by atoms with E-state index in [0.717, 1.165) is 12.3 Å². The SMILES string of the molecule is CC(CNC(=O)NC1CC2CCC1C2)C(=O)O. The molecule has 2 bridgehead atoms. The average Bonchev–Trinajstić information content (AvgIpc) is 2.87. The van der Waals surface area contributed by atoms with E-state index in [-0.39, 0.29) is 12.6 Å². The molecule has 2 fully saturated rings. The zero-order valence-electron chi connectivity index (χ0n) is 10.1. The molecular weight excluding hydrogens is 220 g/mol. The predicted molar refractivity (Wildman–Crippen MR) is 62.6 cm³/mol. The Labute approximate surface area is 101 Å². The summed E-state index contributed by atoms with van der Waals surface area (Å²) >= 11 is 0. The van der Waals surface area contributed by atoms with E-state index in [1.165, 1.54) is 19.3 Å². The van der Waals surface area contributed by atoms with Crippen LogP contribution in [0.4, 0.5) is 4.79 Å². The van der Waals surface area contributed by atoms with Crippen LogP contribution in [-0.4, -0.2) is 29.7 Å². The fourth-order valence-electron chi connectivity index (χ4n) is 2.97. The van der Waals surface area contributed by atoms with Gasteiger partial charge in [-0.2, -0.15) is 0 Å². The van der Waals surface area contributed by atoms with E-state index in [0.29, 0.717) is 12.0 Å². The highest BCUT2D eigenvalue weighted by Crippen LogP contribution is 2.44. The van der Waals surface area contributed by atoms with Crippen LogP contribution in [0.3, 0.4) is 0 Å². The van der Waals surface area contributed by atoms with Crippen LogP contribution in [0.1, 0.15) is 32.6 Å². The average molecular weight is 240 g/mol. The minimum atomic E-state index is -0.884. The highest BCUT2D eigenvalue weighted by Gasteiger charge is 2.40. The normalized spacial score (nSPS) is 32.2. The Bertz CT molecular complexity index is 319. The van der Waals surface area contributed by atoms with Crippen molar-refractivity contribution in [3.63, 3.8) is 0 Å². The third-order valence-corrected chi connectivity index (χ3v) is 4.04. The van der Waals surface area contributed by atoms with Gasteiger partial charge in [0.15, 0.2) is 0 Å². The molecule has 96 valence electrons. The number of fused-ring (bicyclic) bond motifs is 2. The van der Waals surface area contributed by atoms with Gasteiger partial charge in [-0.3, -0.25) is 4.79 Å². The summed E-state index contributed by atoms with van der Waals surface area (Å²) < 4.78 is 0. The van der Waals surface area contributed by atoms with Crippen LogP contribution >= 0.6 is 0 Å². The van der Waals surface area contributed by atoms with Gasteiger partial charge >= 0.3 is 12.0 Å². The van der Waals surface area contributed by atoms with E-state index >= 15 is 0 Å². The summed E-state index contributed by atoms with van der Waals surface area (Å²) in [6.07, 6.45) is 4.87. The van der Waals surface area contributed by atoms with Gasteiger partial charge in [0.05, 0.1) is 5.92 Å². The first-order valence-electron chi connectivity index (χ1n) is 6.33. The highest BCUT2D eigenvalue weighted by molar-refractivity contribution is 5.76. The van der Waals surface area contributed by atoms with Crippen molar-refractivity contribution in [3.05, 3.63) is 0 Å². The summed E-state index contributed by atoms with van der Waals surface area (Å²) in [5, 5.41) is 14.3. The van der Waals surface area contributed by atoms with E-state index in [2.05, 4.69) is 10.6 Å². The number of hydrogen-bond donors (Lipinski definition) is 3. The first-order valence-corrected chi connectivity index (χ1v) is 6.33. The number of amides is 2. The molecule has 0 saturated heterocycles. The molecule has 0 radical (unpaired) electrons. The second-order valence-corrected chi connectivity index (χ2v) is 5.38. The van der Waals surface area contributed by atoms with Crippen molar-refractivity contribution in [3.8, 4) is 0 Å².